The van der Waals surface area contributed by atoms with E-state index in [9.17, 15) is 0 Å². The van der Waals surface area contributed by atoms with Gasteiger partial charge < -0.3 is 15.0 Å². The van der Waals surface area contributed by atoms with Crippen LogP contribution in [-0.2, 0) is 0 Å². The standard InChI is InChI=1S/C24H24N2O/c1-16-12-14-18(15-13-16)26-24(20-9-5-7-11-22(20)27-3)23-17(2)25-21-10-6-4-8-19(21)23/h4-15,24-26H,1-3H3/t24-/m1/s1. The number of anilines is 1. The molecule has 0 spiro atoms. The Morgan fingerprint density at radius 1 is 0.852 bits per heavy atom. The number of hydrogen-bond acceptors (Lipinski definition) is 2. The van der Waals surface area contributed by atoms with Gasteiger partial charge in [0.05, 0.1) is 13.2 Å². The molecular formula is C24H24N2O. The lowest BCUT2D eigenvalue weighted by Crippen LogP contribution is -2.14. The first-order chi connectivity index (χ1) is 13.2. The minimum atomic E-state index is -0.0278. The van der Waals surface area contributed by atoms with Crippen LogP contribution in [0.4, 0.5) is 5.69 Å². The summed E-state index contributed by atoms with van der Waals surface area (Å²) in [5.41, 5.74) is 7.00. The Hall–Kier alpha value is -3.20. The van der Waals surface area contributed by atoms with E-state index in [1.807, 2.05) is 12.1 Å². The van der Waals surface area contributed by atoms with Crippen LogP contribution in [0, 0.1) is 13.8 Å². The lowest BCUT2D eigenvalue weighted by molar-refractivity contribution is 0.408. The monoisotopic (exact) mass is 356 g/mol. The highest BCUT2D eigenvalue weighted by Crippen LogP contribution is 2.38. The summed E-state index contributed by atoms with van der Waals surface area (Å²) in [5.74, 6) is 0.881. The van der Waals surface area contributed by atoms with Gasteiger partial charge in [-0.3, -0.25) is 0 Å². The maximum Gasteiger partial charge on any atom is 0.124 e. The molecule has 27 heavy (non-hydrogen) atoms. The van der Waals surface area contributed by atoms with E-state index in [0.29, 0.717) is 0 Å². The van der Waals surface area contributed by atoms with Crippen molar-refractivity contribution < 1.29 is 4.74 Å². The van der Waals surface area contributed by atoms with Crippen molar-refractivity contribution in [3.05, 3.63) is 95.2 Å². The molecule has 0 bridgehead atoms. The fraction of sp³-hybridized carbons (Fsp3) is 0.167. The molecule has 0 aliphatic rings. The third-order valence-electron chi connectivity index (χ3n) is 5.04. The van der Waals surface area contributed by atoms with Crippen LogP contribution in [0.1, 0.15) is 28.4 Å². The second-order valence-electron chi connectivity index (χ2n) is 6.89. The van der Waals surface area contributed by atoms with Gasteiger partial charge in [0.1, 0.15) is 5.75 Å². The number of ether oxygens (including phenoxy) is 1. The van der Waals surface area contributed by atoms with E-state index in [-0.39, 0.29) is 6.04 Å². The third kappa shape index (κ3) is 3.28. The molecule has 0 fully saturated rings. The van der Waals surface area contributed by atoms with Crippen molar-refractivity contribution in [3.63, 3.8) is 0 Å². The van der Waals surface area contributed by atoms with Crippen LogP contribution >= 0.6 is 0 Å². The first kappa shape index (κ1) is 17.2. The Morgan fingerprint density at radius 3 is 2.33 bits per heavy atom. The predicted molar refractivity (Wildman–Crippen MR) is 113 cm³/mol. The van der Waals surface area contributed by atoms with Gasteiger partial charge >= 0.3 is 0 Å². The van der Waals surface area contributed by atoms with Gasteiger partial charge in [-0.1, -0.05) is 54.1 Å². The number of H-pyrrole nitrogens is 1. The summed E-state index contributed by atoms with van der Waals surface area (Å²) < 4.78 is 5.68. The first-order valence-electron chi connectivity index (χ1n) is 9.20. The van der Waals surface area contributed by atoms with Crippen molar-refractivity contribution in [3.8, 4) is 5.75 Å². The number of rotatable bonds is 5. The molecule has 1 heterocycles. The topological polar surface area (TPSA) is 37.0 Å². The second-order valence-corrected chi connectivity index (χ2v) is 6.89. The molecule has 0 saturated carbocycles. The van der Waals surface area contributed by atoms with Gasteiger partial charge in [-0.15, -0.1) is 0 Å². The smallest absolute Gasteiger partial charge is 0.124 e. The molecule has 3 aromatic carbocycles. The highest BCUT2D eigenvalue weighted by molar-refractivity contribution is 5.86. The summed E-state index contributed by atoms with van der Waals surface area (Å²) in [6.07, 6.45) is 0. The minimum absolute atomic E-state index is 0.0278. The van der Waals surface area contributed by atoms with Crippen molar-refractivity contribution in [2.75, 3.05) is 12.4 Å². The number of nitrogens with one attached hydrogen (secondary N) is 2. The van der Waals surface area contributed by atoms with Gasteiger partial charge in [-0.25, -0.2) is 0 Å². The average molecular weight is 356 g/mol. The van der Waals surface area contributed by atoms with Crippen molar-refractivity contribution in [2.24, 2.45) is 0 Å². The van der Waals surface area contributed by atoms with Crippen molar-refractivity contribution in [2.45, 2.75) is 19.9 Å². The van der Waals surface area contributed by atoms with E-state index in [4.69, 9.17) is 4.74 Å². The van der Waals surface area contributed by atoms with E-state index in [1.54, 1.807) is 7.11 Å². The maximum absolute atomic E-state index is 5.68. The molecule has 3 heteroatoms. The predicted octanol–water partition coefficient (Wildman–Crippen LogP) is 5.99. The fourth-order valence-electron chi connectivity index (χ4n) is 3.70. The van der Waals surface area contributed by atoms with Crippen LogP contribution in [0.15, 0.2) is 72.8 Å². The van der Waals surface area contributed by atoms with Crippen LogP contribution in [0.25, 0.3) is 10.9 Å². The molecular weight excluding hydrogens is 332 g/mol. The van der Waals surface area contributed by atoms with E-state index in [2.05, 4.69) is 84.8 Å². The highest BCUT2D eigenvalue weighted by atomic mass is 16.5. The molecule has 4 aromatic rings. The number of methoxy groups -OCH3 is 1. The molecule has 0 radical (unpaired) electrons. The summed E-state index contributed by atoms with van der Waals surface area (Å²) in [7, 11) is 1.73. The van der Waals surface area contributed by atoms with Gasteiger partial charge in [-0.05, 0) is 38.1 Å². The first-order valence-corrected chi connectivity index (χ1v) is 9.20. The van der Waals surface area contributed by atoms with Crippen LogP contribution in [-0.4, -0.2) is 12.1 Å². The normalized spacial score (nSPS) is 12.1. The molecule has 0 amide bonds. The van der Waals surface area contributed by atoms with E-state index < -0.39 is 0 Å². The molecule has 1 atom stereocenters. The molecule has 2 N–H and O–H groups in total. The zero-order valence-electron chi connectivity index (χ0n) is 15.9. The van der Waals surface area contributed by atoms with Gasteiger partial charge in [0.15, 0.2) is 0 Å². The Kier molecular flexibility index (Phi) is 4.59. The van der Waals surface area contributed by atoms with Crippen LogP contribution in [0.3, 0.4) is 0 Å². The molecule has 0 saturated heterocycles. The molecule has 0 unspecified atom stereocenters. The summed E-state index contributed by atoms with van der Waals surface area (Å²) in [6, 6.07) is 25.1. The van der Waals surface area contributed by atoms with Crippen molar-refractivity contribution >= 4 is 16.6 Å². The SMILES string of the molecule is COc1ccccc1[C@@H](Nc1ccc(C)cc1)c1c(C)[nH]c2ccccc12. The molecule has 0 aliphatic carbocycles. The number of fused-ring (bicyclic) bond motifs is 1. The average Bonchev–Trinajstić information content (AvgIpc) is 3.03. The van der Waals surface area contributed by atoms with E-state index >= 15 is 0 Å². The third-order valence-corrected chi connectivity index (χ3v) is 5.04. The Morgan fingerprint density at radius 2 is 1.56 bits per heavy atom. The summed E-state index contributed by atoms with van der Waals surface area (Å²) >= 11 is 0. The maximum atomic E-state index is 5.68. The van der Waals surface area contributed by atoms with E-state index in [1.165, 1.54) is 16.5 Å². The Labute approximate surface area is 160 Å². The second kappa shape index (κ2) is 7.20. The molecule has 4 rings (SSSR count). The molecule has 1 aromatic heterocycles. The number of aryl methyl sites for hydroxylation is 2. The van der Waals surface area contributed by atoms with Crippen LogP contribution < -0.4 is 10.1 Å². The molecule has 3 nitrogen and oxygen atoms in total. The van der Waals surface area contributed by atoms with Crippen molar-refractivity contribution in [1.82, 2.24) is 4.98 Å². The Balaban J connectivity index is 1.89. The number of benzene rings is 3. The van der Waals surface area contributed by atoms with E-state index in [0.717, 1.165) is 28.2 Å². The Bertz CT molecular complexity index is 1060. The minimum Gasteiger partial charge on any atom is -0.496 e. The van der Waals surface area contributed by atoms with Crippen LogP contribution in [0.5, 0.6) is 5.75 Å². The van der Waals surface area contributed by atoms with Gasteiger partial charge in [0, 0.05) is 33.4 Å². The summed E-state index contributed by atoms with van der Waals surface area (Å²) in [4.78, 5) is 3.53. The molecule has 0 aliphatic heterocycles. The quantitative estimate of drug-likeness (QED) is 0.460. The van der Waals surface area contributed by atoms with Crippen molar-refractivity contribution in [1.29, 1.82) is 0 Å². The number of hydrogen-bond donors (Lipinski definition) is 2. The summed E-state index contributed by atoms with van der Waals surface area (Å²) in [6.45, 7) is 4.24. The van der Waals surface area contributed by atoms with Gasteiger partial charge in [0.25, 0.3) is 0 Å². The highest BCUT2D eigenvalue weighted by Gasteiger charge is 2.23. The van der Waals surface area contributed by atoms with Gasteiger partial charge in [-0.2, -0.15) is 0 Å². The zero-order chi connectivity index (χ0) is 18.8. The lowest BCUT2D eigenvalue weighted by atomic mass is 9.95. The number of aromatic amines is 1. The number of aromatic nitrogens is 1. The fourth-order valence-corrected chi connectivity index (χ4v) is 3.70. The molecule has 136 valence electrons. The number of para-hydroxylation sites is 2. The lowest BCUT2D eigenvalue weighted by Gasteiger charge is -2.23. The van der Waals surface area contributed by atoms with Crippen LogP contribution in [0.2, 0.25) is 0 Å². The summed E-state index contributed by atoms with van der Waals surface area (Å²) in [5, 5.41) is 4.96. The largest absolute Gasteiger partial charge is 0.496 e. The van der Waals surface area contributed by atoms with Gasteiger partial charge in [0.2, 0.25) is 0 Å². The zero-order valence-corrected chi connectivity index (χ0v) is 15.9.